The number of carbonyl (C=O) groups excluding carboxylic acids is 3. The van der Waals surface area contributed by atoms with Gasteiger partial charge < -0.3 is 15.0 Å². The second-order valence-corrected chi connectivity index (χ2v) is 7.58. The van der Waals surface area contributed by atoms with Gasteiger partial charge in [-0.1, -0.05) is 12.1 Å². The molecule has 1 atom stereocenters. The van der Waals surface area contributed by atoms with Crippen LogP contribution in [0, 0.1) is 19.8 Å². The number of para-hydroxylation sites is 1. The van der Waals surface area contributed by atoms with Crippen molar-refractivity contribution >= 4 is 45.1 Å². The molecule has 28 heavy (non-hydrogen) atoms. The van der Waals surface area contributed by atoms with Crippen molar-refractivity contribution < 1.29 is 19.1 Å². The number of rotatable bonds is 4. The van der Waals surface area contributed by atoms with Crippen molar-refractivity contribution in [3.63, 3.8) is 0 Å². The highest BCUT2D eigenvalue weighted by Gasteiger charge is 2.38. The molecule has 146 valence electrons. The highest BCUT2D eigenvalue weighted by Crippen LogP contribution is 2.32. The molecule has 2 aromatic rings. The van der Waals surface area contributed by atoms with Gasteiger partial charge in [-0.05, 0) is 71.6 Å². The molecular formula is C21H21BrN2O4. The van der Waals surface area contributed by atoms with E-state index in [0.717, 1.165) is 21.3 Å². The maximum Gasteiger partial charge on any atom is 0.338 e. The average molecular weight is 445 g/mol. The van der Waals surface area contributed by atoms with Crippen LogP contribution in [0.5, 0.6) is 0 Å². The van der Waals surface area contributed by atoms with Gasteiger partial charge in [-0.3, -0.25) is 9.59 Å². The van der Waals surface area contributed by atoms with E-state index < -0.39 is 11.9 Å². The van der Waals surface area contributed by atoms with Gasteiger partial charge in [-0.15, -0.1) is 0 Å². The van der Waals surface area contributed by atoms with Gasteiger partial charge in [0.1, 0.15) is 5.92 Å². The molecule has 0 bridgehead atoms. The number of anilines is 2. The first-order valence-electron chi connectivity index (χ1n) is 8.89. The standard InChI is InChI=1S/C21H21BrN2O4/c1-12-10-14(11-16(13(12)2)21(27)28-3)23-19(25)15-8-9-24(20(15)26)18-7-5-4-6-17(18)22/h4-7,10-11,15H,8-9H2,1-3H3,(H,23,25). The molecule has 0 saturated carbocycles. The third kappa shape index (κ3) is 3.80. The zero-order valence-corrected chi connectivity index (χ0v) is 17.5. The Labute approximate surface area is 172 Å². The maximum absolute atomic E-state index is 12.8. The summed E-state index contributed by atoms with van der Waals surface area (Å²) in [6.45, 7) is 4.15. The number of hydrogen-bond donors (Lipinski definition) is 1. The second-order valence-electron chi connectivity index (χ2n) is 6.73. The van der Waals surface area contributed by atoms with Gasteiger partial charge in [0.25, 0.3) is 0 Å². The van der Waals surface area contributed by atoms with Crippen LogP contribution in [-0.4, -0.2) is 31.4 Å². The summed E-state index contributed by atoms with van der Waals surface area (Å²) in [6.07, 6.45) is 0.431. The highest BCUT2D eigenvalue weighted by molar-refractivity contribution is 9.10. The number of nitrogens with zero attached hydrogens (tertiary/aromatic N) is 1. The van der Waals surface area contributed by atoms with E-state index in [2.05, 4.69) is 21.2 Å². The Morgan fingerprint density at radius 2 is 1.93 bits per heavy atom. The Bertz CT molecular complexity index is 957. The molecular weight excluding hydrogens is 424 g/mol. The first kappa shape index (κ1) is 20.1. The van der Waals surface area contributed by atoms with Crippen LogP contribution >= 0.6 is 15.9 Å². The number of hydrogen-bond acceptors (Lipinski definition) is 4. The van der Waals surface area contributed by atoms with Crippen molar-refractivity contribution in [2.75, 3.05) is 23.9 Å². The summed E-state index contributed by atoms with van der Waals surface area (Å²) in [6, 6.07) is 10.8. The van der Waals surface area contributed by atoms with Gasteiger partial charge in [-0.2, -0.15) is 0 Å². The Balaban J connectivity index is 1.79. The SMILES string of the molecule is COC(=O)c1cc(NC(=O)C2CCN(c3ccccc3Br)C2=O)cc(C)c1C. The van der Waals surface area contributed by atoms with Crippen LogP contribution in [-0.2, 0) is 14.3 Å². The lowest BCUT2D eigenvalue weighted by Crippen LogP contribution is -2.33. The van der Waals surface area contributed by atoms with E-state index >= 15 is 0 Å². The molecule has 1 aliphatic heterocycles. The van der Waals surface area contributed by atoms with Crippen molar-refractivity contribution in [3.05, 3.63) is 57.6 Å². The fraction of sp³-hybridized carbons (Fsp3) is 0.286. The van der Waals surface area contributed by atoms with Crippen molar-refractivity contribution in [2.24, 2.45) is 5.92 Å². The summed E-state index contributed by atoms with van der Waals surface area (Å²) in [5.41, 5.74) is 3.26. The number of methoxy groups -OCH3 is 1. The molecule has 0 aromatic heterocycles. The zero-order valence-electron chi connectivity index (χ0n) is 15.9. The Hall–Kier alpha value is -2.67. The Morgan fingerprint density at radius 1 is 1.21 bits per heavy atom. The van der Waals surface area contributed by atoms with Crippen LogP contribution in [0.3, 0.4) is 0 Å². The van der Waals surface area contributed by atoms with Crippen LogP contribution in [0.4, 0.5) is 11.4 Å². The fourth-order valence-corrected chi connectivity index (χ4v) is 3.81. The van der Waals surface area contributed by atoms with Crippen molar-refractivity contribution in [3.8, 4) is 0 Å². The number of nitrogens with one attached hydrogen (secondary N) is 1. The number of esters is 1. The van der Waals surface area contributed by atoms with Crippen molar-refractivity contribution in [2.45, 2.75) is 20.3 Å². The van der Waals surface area contributed by atoms with Crippen molar-refractivity contribution in [1.82, 2.24) is 0 Å². The number of ether oxygens (including phenoxy) is 1. The van der Waals surface area contributed by atoms with E-state index in [0.29, 0.717) is 24.2 Å². The third-order valence-corrected chi connectivity index (χ3v) is 5.68. The molecule has 6 nitrogen and oxygen atoms in total. The van der Waals surface area contributed by atoms with Gasteiger partial charge in [0.2, 0.25) is 11.8 Å². The van der Waals surface area contributed by atoms with Crippen LogP contribution in [0.2, 0.25) is 0 Å². The summed E-state index contributed by atoms with van der Waals surface area (Å²) < 4.78 is 5.61. The van der Waals surface area contributed by atoms with E-state index in [-0.39, 0.29) is 11.8 Å². The van der Waals surface area contributed by atoms with Gasteiger partial charge in [0.05, 0.1) is 18.4 Å². The summed E-state index contributed by atoms with van der Waals surface area (Å²) >= 11 is 3.45. The lowest BCUT2D eigenvalue weighted by Gasteiger charge is -2.18. The summed E-state index contributed by atoms with van der Waals surface area (Å²) in [5, 5.41) is 2.78. The molecule has 0 spiro atoms. The van der Waals surface area contributed by atoms with Crippen LogP contribution < -0.4 is 10.2 Å². The second kappa shape index (κ2) is 8.14. The predicted octanol–water partition coefficient (Wildman–Crippen LogP) is 3.84. The first-order valence-corrected chi connectivity index (χ1v) is 9.69. The average Bonchev–Trinajstić information content (AvgIpc) is 3.05. The normalized spacial score (nSPS) is 16.2. The molecule has 2 aromatic carbocycles. The van der Waals surface area contributed by atoms with Crippen LogP contribution in [0.15, 0.2) is 40.9 Å². The molecule has 1 saturated heterocycles. The van der Waals surface area contributed by atoms with Gasteiger partial charge in [0, 0.05) is 16.7 Å². The molecule has 3 rings (SSSR count). The first-order chi connectivity index (χ1) is 13.3. The molecule has 7 heteroatoms. The quantitative estimate of drug-likeness (QED) is 0.573. The van der Waals surface area contributed by atoms with Crippen LogP contribution in [0.25, 0.3) is 0 Å². The summed E-state index contributed by atoms with van der Waals surface area (Å²) in [5.74, 6) is -1.84. The fourth-order valence-electron chi connectivity index (χ4n) is 3.32. The number of aryl methyl sites for hydroxylation is 1. The largest absolute Gasteiger partial charge is 0.465 e. The summed E-state index contributed by atoms with van der Waals surface area (Å²) in [4.78, 5) is 39.1. The third-order valence-electron chi connectivity index (χ3n) is 5.01. The van der Waals surface area contributed by atoms with E-state index in [1.807, 2.05) is 38.1 Å². The molecule has 1 heterocycles. The Morgan fingerprint density at radius 3 is 2.61 bits per heavy atom. The minimum absolute atomic E-state index is 0.235. The van der Waals surface area contributed by atoms with Crippen molar-refractivity contribution in [1.29, 1.82) is 0 Å². The minimum atomic E-state index is -0.768. The highest BCUT2D eigenvalue weighted by atomic mass is 79.9. The number of halogens is 1. The lowest BCUT2D eigenvalue weighted by molar-refractivity contribution is -0.129. The van der Waals surface area contributed by atoms with Gasteiger partial charge in [-0.25, -0.2) is 4.79 Å². The molecule has 2 amide bonds. The zero-order chi connectivity index (χ0) is 20.4. The Kier molecular flexibility index (Phi) is 5.84. The van der Waals surface area contributed by atoms with E-state index in [9.17, 15) is 14.4 Å². The molecule has 1 unspecified atom stereocenters. The van der Waals surface area contributed by atoms with E-state index in [1.54, 1.807) is 17.0 Å². The molecule has 1 aliphatic rings. The van der Waals surface area contributed by atoms with Gasteiger partial charge >= 0.3 is 5.97 Å². The molecule has 0 radical (unpaired) electrons. The number of amides is 2. The number of benzene rings is 2. The predicted molar refractivity (Wildman–Crippen MR) is 110 cm³/mol. The molecule has 1 fully saturated rings. The van der Waals surface area contributed by atoms with E-state index in [4.69, 9.17) is 4.74 Å². The van der Waals surface area contributed by atoms with E-state index in [1.165, 1.54) is 7.11 Å². The summed E-state index contributed by atoms with van der Waals surface area (Å²) in [7, 11) is 1.32. The number of carbonyl (C=O) groups is 3. The molecule has 0 aliphatic carbocycles. The minimum Gasteiger partial charge on any atom is -0.465 e. The van der Waals surface area contributed by atoms with Gasteiger partial charge in [0.15, 0.2) is 0 Å². The lowest BCUT2D eigenvalue weighted by atomic mass is 10.0. The van der Waals surface area contributed by atoms with Crippen LogP contribution in [0.1, 0.15) is 27.9 Å². The molecule has 1 N–H and O–H groups in total. The topological polar surface area (TPSA) is 75.7 Å². The monoisotopic (exact) mass is 444 g/mol. The maximum atomic E-state index is 12.8. The smallest absolute Gasteiger partial charge is 0.338 e.